The molecule has 5 nitrogen and oxygen atoms in total. The minimum atomic E-state index is -3.39. The Balaban J connectivity index is 2.27. The summed E-state index contributed by atoms with van der Waals surface area (Å²) < 4.78 is 36.7. The fourth-order valence-electron chi connectivity index (χ4n) is 2.18. The third-order valence-electron chi connectivity index (χ3n) is 3.14. The van der Waals surface area contributed by atoms with Crippen molar-refractivity contribution >= 4 is 26.6 Å². The number of hydrogen-bond acceptors (Lipinski definition) is 4. The van der Waals surface area contributed by atoms with E-state index in [4.69, 9.17) is 5.73 Å². The molecular weight excluding hydrogens is 293 g/mol. The Hall–Kier alpha value is -2.41. The van der Waals surface area contributed by atoms with Gasteiger partial charge in [-0.05, 0) is 30.3 Å². The molecule has 2 aromatic carbocycles. The van der Waals surface area contributed by atoms with Crippen molar-refractivity contribution in [3.63, 3.8) is 0 Å². The van der Waals surface area contributed by atoms with Crippen LogP contribution in [0, 0.1) is 5.82 Å². The molecule has 7 heteroatoms. The molecule has 0 aliphatic heterocycles. The van der Waals surface area contributed by atoms with E-state index in [0.29, 0.717) is 22.4 Å². The van der Waals surface area contributed by atoms with Gasteiger partial charge in [-0.2, -0.15) is 0 Å². The molecule has 0 radical (unpaired) electrons. The summed E-state index contributed by atoms with van der Waals surface area (Å²) in [4.78, 5) is 7.45. The standard InChI is InChI=1S/C14H12FN3O2S/c1-21(19,20)12-4-2-3-11-13(12)18-14(17-11)9-6-5-8(15)7-10(9)16/h2-7H,16H2,1H3,(H,17,18). The Bertz CT molecular complexity index is 948. The lowest BCUT2D eigenvalue weighted by Gasteiger charge is -2.01. The van der Waals surface area contributed by atoms with E-state index in [2.05, 4.69) is 9.97 Å². The molecule has 0 amide bonds. The quantitative estimate of drug-likeness (QED) is 0.711. The van der Waals surface area contributed by atoms with Crippen molar-refractivity contribution in [2.24, 2.45) is 0 Å². The van der Waals surface area contributed by atoms with E-state index >= 15 is 0 Å². The number of fused-ring (bicyclic) bond motifs is 1. The van der Waals surface area contributed by atoms with Crippen molar-refractivity contribution in [2.45, 2.75) is 4.90 Å². The largest absolute Gasteiger partial charge is 0.398 e. The van der Waals surface area contributed by atoms with E-state index in [1.807, 2.05) is 0 Å². The van der Waals surface area contributed by atoms with Gasteiger partial charge in [0.15, 0.2) is 9.84 Å². The first-order valence-electron chi connectivity index (χ1n) is 6.10. The van der Waals surface area contributed by atoms with Crippen molar-refractivity contribution < 1.29 is 12.8 Å². The zero-order valence-corrected chi connectivity index (χ0v) is 11.9. The van der Waals surface area contributed by atoms with Gasteiger partial charge in [-0.1, -0.05) is 6.07 Å². The third-order valence-corrected chi connectivity index (χ3v) is 4.27. The minimum absolute atomic E-state index is 0.142. The molecule has 0 bridgehead atoms. The predicted molar refractivity (Wildman–Crippen MR) is 79.0 cm³/mol. The fourth-order valence-corrected chi connectivity index (χ4v) is 3.01. The predicted octanol–water partition coefficient (Wildman–Crippen LogP) is 2.35. The minimum Gasteiger partial charge on any atom is -0.398 e. The Morgan fingerprint density at radius 1 is 1.24 bits per heavy atom. The van der Waals surface area contributed by atoms with Gasteiger partial charge < -0.3 is 10.7 Å². The summed E-state index contributed by atoms with van der Waals surface area (Å²) in [5.74, 6) is -0.0391. The molecular formula is C14H12FN3O2S. The Labute approximate surface area is 120 Å². The van der Waals surface area contributed by atoms with E-state index in [9.17, 15) is 12.8 Å². The second-order valence-electron chi connectivity index (χ2n) is 4.74. The maximum atomic E-state index is 13.1. The van der Waals surface area contributed by atoms with Gasteiger partial charge >= 0.3 is 0 Å². The lowest BCUT2D eigenvalue weighted by molar-refractivity contribution is 0.602. The fraction of sp³-hybridized carbons (Fsp3) is 0.0714. The number of anilines is 1. The molecule has 0 saturated heterocycles. The Morgan fingerprint density at radius 3 is 2.67 bits per heavy atom. The van der Waals surface area contributed by atoms with Crippen LogP contribution in [-0.4, -0.2) is 24.6 Å². The van der Waals surface area contributed by atoms with Gasteiger partial charge in [0, 0.05) is 17.5 Å². The molecule has 1 heterocycles. The Morgan fingerprint density at radius 2 is 2.00 bits per heavy atom. The van der Waals surface area contributed by atoms with Crippen LogP contribution in [0.4, 0.5) is 10.1 Å². The summed E-state index contributed by atoms with van der Waals surface area (Å²) in [5.41, 5.74) is 7.46. The number of imidazole rings is 1. The summed E-state index contributed by atoms with van der Waals surface area (Å²) in [7, 11) is -3.39. The molecule has 0 unspecified atom stereocenters. The number of nitrogen functional groups attached to an aromatic ring is 1. The molecule has 3 aromatic rings. The second kappa shape index (κ2) is 4.56. The van der Waals surface area contributed by atoms with Gasteiger partial charge in [-0.15, -0.1) is 0 Å². The number of benzene rings is 2. The smallest absolute Gasteiger partial charge is 0.177 e. The van der Waals surface area contributed by atoms with Crippen LogP contribution >= 0.6 is 0 Å². The number of nitrogens with zero attached hydrogens (tertiary/aromatic N) is 1. The van der Waals surface area contributed by atoms with E-state index in [-0.39, 0.29) is 10.6 Å². The van der Waals surface area contributed by atoms with Gasteiger partial charge in [0.25, 0.3) is 0 Å². The molecule has 0 aliphatic rings. The van der Waals surface area contributed by atoms with Crippen LogP contribution in [0.3, 0.4) is 0 Å². The molecule has 3 N–H and O–H groups in total. The first-order chi connectivity index (χ1) is 9.86. The number of H-pyrrole nitrogens is 1. The van der Waals surface area contributed by atoms with Gasteiger partial charge in [0.05, 0.1) is 10.4 Å². The van der Waals surface area contributed by atoms with E-state index in [1.54, 1.807) is 12.1 Å². The lowest BCUT2D eigenvalue weighted by atomic mass is 10.1. The van der Waals surface area contributed by atoms with Crippen molar-refractivity contribution in [1.29, 1.82) is 0 Å². The average Bonchev–Trinajstić information content (AvgIpc) is 2.80. The van der Waals surface area contributed by atoms with Crippen LogP contribution in [0.25, 0.3) is 22.4 Å². The third kappa shape index (κ3) is 2.36. The number of nitrogens with two attached hydrogens (primary N) is 1. The second-order valence-corrected chi connectivity index (χ2v) is 6.73. The summed E-state index contributed by atoms with van der Waals surface area (Å²) in [6, 6.07) is 8.82. The summed E-state index contributed by atoms with van der Waals surface area (Å²) in [6.45, 7) is 0. The molecule has 0 fully saturated rings. The SMILES string of the molecule is CS(=O)(=O)c1cccc2[nH]c(-c3ccc(F)cc3N)nc12. The molecule has 0 saturated carbocycles. The molecule has 3 rings (SSSR count). The van der Waals surface area contributed by atoms with Gasteiger partial charge in [0.1, 0.15) is 17.2 Å². The maximum absolute atomic E-state index is 13.1. The number of para-hydroxylation sites is 1. The van der Waals surface area contributed by atoms with Crippen molar-refractivity contribution in [3.05, 3.63) is 42.2 Å². The van der Waals surface area contributed by atoms with E-state index in [0.717, 1.165) is 6.26 Å². The van der Waals surface area contributed by atoms with Crippen LogP contribution in [0.5, 0.6) is 0 Å². The molecule has 1 aromatic heterocycles. The van der Waals surface area contributed by atoms with Crippen molar-refractivity contribution in [2.75, 3.05) is 12.0 Å². The number of aromatic nitrogens is 2. The van der Waals surface area contributed by atoms with Gasteiger partial charge in [-0.25, -0.2) is 17.8 Å². The van der Waals surface area contributed by atoms with Crippen molar-refractivity contribution in [3.8, 4) is 11.4 Å². The average molecular weight is 305 g/mol. The number of halogens is 1. The molecule has 0 atom stereocenters. The zero-order valence-electron chi connectivity index (χ0n) is 11.1. The first-order valence-corrected chi connectivity index (χ1v) is 7.99. The highest BCUT2D eigenvalue weighted by Crippen LogP contribution is 2.28. The normalized spacial score (nSPS) is 11.9. The summed E-state index contributed by atoms with van der Waals surface area (Å²) in [5, 5.41) is 0. The number of sulfone groups is 1. The zero-order chi connectivity index (χ0) is 15.2. The molecule has 108 valence electrons. The number of hydrogen-bond donors (Lipinski definition) is 2. The van der Waals surface area contributed by atoms with Gasteiger partial charge in [-0.3, -0.25) is 0 Å². The van der Waals surface area contributed by atoms with Crippen molar-refractivity contribution in [1.82, 2.24) is 9.97 Å². The van der Waals surface area contributed by atoms with E-state index < -0.39 is 15.7 Å². The topological polar surface area (TPSA) is 88.8 Å². The van der Waals surface area contributed by atoms with Crippen LogP contribution in [0.1, 0.15) is 0 Å². The first kappa shape index (κ1) is 13.6. The molecule has 0 aliphatic carbocycles. The number of rotatable bonds is 2. The molecule has 0 spiro atoms. The Kier molecular flexibility index (Phi) is 2.94. The monoisotopic (exact) mass is 305 g/mol. The highest BCUT2D eigenvalue weighted by atomic mass is 32.2. The summed E-state index contributed by atoms with van der Waals surface area (Å²) >= 11 is 0. The highest BCUT2D eigenvalue weighted by molar-refractivity contribution is 7.91. The van der Waals surface area contributed by atoms with Crippen LogP contribution in [0.15, 0.2) is 41.3 Å². The maximum Gasteiger partial charge on any atom is 0.177 e. The van der Waals surface area contributed by atoms with Crippen LogP contribution < -0.4 is 5.73 Å². The number of aromatic amines is 1. The summed E-state index contributed by atoms with van der Waals surface area (Å²) in [6.07, 6.45) is 1.13. The van der Waals surface area contributed by atoms with Crippen LogP contribution in [-0.2, 0) is 9.84 Å². The van der Waals surface area contributed by atoms with E-state index in [1.165, 1.54) is 24.3 Å². The number of nitrogens with one attached hydrogen (secondary N) is 1. The molecule has 21 heavy (non-hydrogen) atoms. The highest BCUT2D eigenvalue weighted by Gasteiger charge is 2.16. The van der Waals surface area contributed by atoms with Crippen LogP contribution in [0.2, 0.25) is 0 Å². The lowest BCUT2D eigenvalue weighted by Crippen LogP contribution is -1.97. The van der Waals surface area contributed by atoms with Gasteiger partial charge in [0.2, 0.25) is 0 Å².